The van der Waals surface area contributed by atoms with Gasteiger partial charge < -0.3 is 15.5 Å². The zero-order valence-corrected chi connectivity index (χ0v) is 19.5. The van der Waals surface area contributed by atoms with Gasteiger partial charge in [0.25, 0.3) is 0 Å². The molecule has 4 aromatic rings. The summed E-state index contributed by atoms with van der Waals surface area (Å²) in [5.74, 6) is 0. The van der Waals surface area contributed by atoms with Gasteiger partial charge in [-0.25, -0.2) is 9.78 Å². The number of urea groups is 1. The molecule has 174 valence electrons. The van der Waals surface area contributed by atoms with Gasteiger partial charge in [0.05, 0.1) is 6.20 Å². The van der Waals surface area contributed by atoms with Crippen molar-refractivity contribution in [1.82, 2.24) is 25.0 Å². The minimum absolute atomic E-state index is 0.264. The fourth-order valence-corrected chi connectivity index (χ4v) is 4.33. The van der Waals surface area contributed by atoms with E-state index in [1.165, 1.54) is 11.1 Å². The lowest BCUT2D eigenvalue weighted by molar-refractivity contribution is 0.148. The summed E-state index contributed by atoms with van der Waals surface area (Å²) in [6, 6.07) is 15.6. The van der Waals surface area contributed by atoms with Crippen LogP contribution in [0.15, 0.2) is 60.9 Å². The summed E-state index contributed by atoms with van der Waals surface area (Å²) >= 11 is 0. The van der Waals surface area contributed by atoms with Gasteiger partial charge in [0.1, 0.15) is 0 Å². The first-order chi connectivity index (χ1) is 16.5. The van der Waals surface area contributed by atoms with Crippen molar-refractivity contribution in [3.63, 3.8) is 0 Å². The molecule has 1 saturated heterocycles. The van der Waals surface area contributed by atoms with E-state index in [9.17, 15) is 4.79 Å². The van der Waals surface area contributed by atoms with E-state index in [0.29, 0.717) is 0 Å². The molecule has 0 atom stereocenters. The topological polar surface area (TPSA) is 89.2 Å². The number of likely N-dealkylation sites (N-methyl/N-ethyl adjacent to an activating group) is 1. The van der Waals surface area contributed by atoms with E-state index in [-0.39, 0.29) is 6.03 Å². The highest BCUT2D eigenvalue weighted by atomic mass is 16.2. The molecule has 0 radical (unpaired) electrons. The normalized spacial score (nSPS) is 14.9. The Hall–Kier alpha value is -3.75. The lowest BCUT2D eigenvalue weighted by Crippen LogP contribution is -2.43. The van der Waals surface area contributed by atoms with Crippen LogP contribution in [0.3, 0.4) is 0 Å². The van der Waals surface area contributed by atoms with Crippen LogP contribution in [-0.4, -0.2) is 64.2 Å². The summed E-state index contributed by atoms with van der Waals surface area (Å²) in [6.07, 6.45) is 3.53. The number of benzene rings is 2. The van der Waals surface area contributed by atoms with Crippen molar-refractivity contribution in [2.45, 2.75) is 13.5 Å². The number of amides is 2. The van der Waals surface area contributed by atoms with E-state index >= 15 is 0 Å². The van der Waals surface area contributed by atoms with Crippen LogP contribution in [0.25, 0.3) is 22.2 Å². The number of nitrogens with zero attached hydrogens (tertiary/aromatic N) is 4. The van der Waals surface area contributed by atoms with Gasteiger partial charge >= 0.3 is 6.03 Å². The molecule has 1 fully saturated rings. The van der Waals surface area contributed by atoms with E-state index in [2.05, 4.69) is 55.7 Å². The number of carbonyl (C=O) groups excluding carboxylic acids is 1. The number of H-pyrrole nitrogens is 1. The lowest BCUT2D eigenvalue weighted by Gasteiger charge is -2.32. The number of hydrogen-bond acceptors (Lipinski definition) is 5. The molecule has 0 spiro atoms. The van der Waals surface area contributed by atoms with Gasteiger partial charge in [0, 0.05) is 55.7 Å². The van der Waals surface area contributed by atoms with Crippen LogP contribution in [0.1, 0.15) is 11.1 Å². The molecule has 0 bridgehead atoms. The molecule has 0 aliphatic carbocycles. The molecule has 34 heavy (non-hydrogen) atoms. The van der Waals surface area contributed by atoms with Gasteiger partial charge in [-0.3, -0.25) is 10.00 Å². The smallest absolute Gasteiger partial charge is 0.308 e. The number of fused-ring (bicyclic) bond motifs is 1. The third-order valence-electron chi connectivity index (χ3n) is 6.40. The summed E-state index contributed by atoms with van der Waals surface area (Å²) < 4.78 is 0. The maximum atomic E-state index is 12.6. The van der Waals surface area contributed by atoms with Crippen molar-refractivity contribution in [3.05, 3.63) is 72.1 Å². The van der Waals surface area contributed by atoms with Crippen molar-refractivity contribution in [2.24, 2.45) is 0 Å². The number of carbonyl (C=O) groups is 1. The minimum Gasteiger partial charge on any atom is -0.308 e. The average molecular weight is 456 g/mol. The monoisotopic (exact) mass is 455 g/mol. The van der Waals surface area contributed by atoms with Crippen LogP contribution in [-0.2, 0) is 6.54 Å². The Balaban J connectivity index is 1.20. The Morgan fingerprint density at radius 2 is 1.74 bits per heavy atom. The van der Waals surface area contributed by atoms with Crippen LogP contribution in [0, 0.1) is 6.92 Å². The molecule has 2 amide bonds. The molecule has 0 saturated carbocycles. The highest BCUT2D eigenvalue weighted by molar-refractivity contribution is 6.00. The Morgan fingerprint density at radius 3 is 2.50 bits per heavy atom. The van der Waals surface area contributed by atoms with E-state index in [4.69, 9.17) is 0 Å². The predicted molar refractivity (Wildman–Crippen MR) is 136 cm³/mol. The number of aromatic nitrogens is 3. The Morgan fingerprint density at radius 1 is 1.00 bits per heavy atom. The molecule has 3 N–H and O–H groups in total. The van der Waals surface area contributed by atoms with Crippen molar-refractivity contribution in [2.75, 3.05) is 43.9 Å². The van der Waals surface area contributed by atoms with Gasteiger partial charge in [-0.05, 0) is 66.6 Å². The molecule has 1 aliphatic rings. The molecule has 8 nitrogen and oxygen atoms in total. The fraction of sp³-hybridized carbons (Fsp3) is 0.269. The van der Waals surface area contributed by atoms with Crippen LogP contribution in [0.4, 0.5) is 16.2 Å². The van der Waals surface area contributed by atoms with E-state index < -0.39 is 0 Å². The highest BCUT2D eigenvalue weighted by Gasteiger charge is 2.15. The SMILES string of the molecule is Cc1cc(NC(=O)Nc2ccc(-c3ccnc4[nH]ncc34)cc2)ccc1CN1CCN(C)CC1. The number of rotatable bonds is 5. The minimum atomic E-state index is -0.264. The zero-order chi connectivity index (χ0) is 23.5. The first kappa shape index (κ1) is 22.1. The summed E-state index contributed by atoms with van der Waals surface area (Å²) in [6.45, 7) is 7.44. The molecule has 1 aliphatic heterocycles. The summed E-state index contributed by atoms with van der Waals surface area (Å²) in [5, 5.41) is 13.8. The van der Waals surface area contributed by atoms with Gasteiger partial charge in [-0.15, -0.1) is 0 Å². The summed E-state index contributed by atoms with van der Waals surface area (Å²) in [4.78, 5) is 21.7. The van der Waals surface area contributed by atoms with Crippen molar-refractivity contribution in [3.8, 4) is 11.1 Å². The van der Waals surface area contributed by atoms with Gasteiger partial charge in [-0.2, -0.15) is 5.10 Å². The van der Waals surface area contributed by atoms with Crippen molar-refractivity contribution < 1.29 is 4.79 Å². The molecule has 3 heterocycles. The third-order valence-corrected chi connectivity index (χ3v) is 6.40. The predicted octanol–water partition coefficient (Wildman–Crippen LogP) is 4.32. The number of hydrogen-bond donors (Lipinski definition) is 3. The fourth-order valence-electron chi connectivity index (χ4n) is 4.33. The molecular formula is C26H29N7O. The molecule has 2 aromatic carbocycles. The maximum absolute atomic E-state index is 12.6. The molecule has 5 rings (SSSR count). The number of piperazine rings is 1. The van der Waals surface area contributed by atoms with Gasteiger partial charge in [0.2, 0.25) is 0 Å². The number of aryl methyl sites for hydroxylation is 1. The van der Waals surface area contributed by atoms with Gasteiger partial charge in [-0.1, -0.05) is 18.2 Å². The second-order valence-electron chi connectivity index (χ2n) is 8.87. The molecular weight excluding hydrogens is 426 g/mol. The number of aromatic amines is 1. The average Bonchev–Trinajstić information content (AvgIpc) is 3.32. The van der Waals surface area contributed by atoms with Crippen LogP contribution in [0.2, 0.25) is 0 Å². The van der Waals surface area contributed by atoms with E-state index in [1.54, 1.807) is 12.4 Å². The standard InChI is InChI=1S/C26H29N7O/c1-18-15-22(8-5-20(18)17-33-13-11-32(2)12-14-33)30-26(34)29-21-6-3-19(4-7-21)23-9-10-27-25-24(23)16-28-31-25/h3-10,15-16H,11-14,17H2,1-2H3,(H,27,28,31)(H2,29,30,34). The molecule has 0 unspecified atom stereocenters. The quantitative estimate of drug-likeness (QED) is 0.417. The zero-order valence-electron chi connectivity index (χ0n) is 19.5. The third kappa shape index (κ3) is 4.93. The van der Waals surface area contributed by atoms with Gasteiger partial charge in [0.15, 0.2) is 5.65 Å². The first-order valence-corrected chi connectivity index (χ1v) is 11.5. The Bertz CT molecular complexity index is 1290. The Labute approximate surface area is 199 Å². The van der Waals surface area contributed by atoms with Crippen molar-refractivity contribution in [1.29, 1.82) is 0 Å². The first-order valence-electron chi connectivity index (χ1n) is 11.5. The lowest BCUT2D eigenvalue weighted by atomic mass is 10.0. The number of anilines is 2. The second kappa shape index (κ2) is 9.62. The van der Waals surface area contributed by atoms with Crippen LogP contribution < -0.4 is 10.6 Å². The van der Waals surface area contributed by atoms with E-state index in [0.717, 1.165) is 66.3 Å². The number of nitrogens with one attached hydrogen (secondary N) is 3. The van der Waals surface area contributed by atoms with E-state index in [1.807, 2.05) is 42.5 Å². The second-order valence-corrected chi connectivity index (χ2v) is 8.87. The van der Waals surface area contributed by atoms with Crippen LogP contribution in [0.5, 0.6) is 0 Å². The maximum Gasteiger partial charge on any atom is 0.323 e. The molecule has 2 aromatic heterocycles. The van der Waals surface area contributed by atoms with Crippen LogP contribution >= 0.6 is 0 Å². The largest absolute Gasteiger partial charge is 0.323 e. The van der Waals surface area contributed by atoms with Crippen molar-refractivity contribution >= 4 is 28.4 Å². The summed E-state index contributed by atoms with van der Waals surface area (Å²) in [5.41, 5.74) is 6.82. The Kier molecular flexibility index (Phi) is 6.24. The number of pyridine rings is 1. The summed E-state index contributed by atoms with van der Waals surface area (Å²) in [7, 11) is 2.17. The highest BCUT2D eigenvalue weighted by Crippen LogP contribution is 2.27. The molecule has 8 heteroatoms.